The maximum absolute atomic E-state index is 11.0. The number of hydrogen-bond donors (Lipinski definition) is 1. The molecule has 0 bridgehead atoms. The fourth-order valence-electron chi connectivity index (χ4n) is 1.60. The van der Waals surface area contributed by atoms with E-state index in [1.165, 1.54) is 7.11 Å². The SMILES string of the molecule is COC(=O)CC1CCOCC1C(=O)O. The summed E-state index contributed by atoms with van der Waals surface area (Å²) in [6, 6.07) is 0. The number of carbonyl (C=O) groups excluding carboxylic acids is 1. The van der Waals surface area contributed by atoms with Crippen molar-refractivity contribution in [3.05, 3.63) is 0 Å². The number of esters is 1. The second kappa shape index (κ2) is 4.95. The molecule has 1 aliphatic rings. The Kier molecular flexibility index (Phi) is 3.88. The fraction of sp³-hybridized carbons (Fsp3) is 0.778. The molecule has 14 heavy (non-hydrogen) atoms. The maximum atomic E-state index is 11.0. The minimum atomic E-state index is -0.904. The number of rotatable bonds is 3. The smallest absolute Gasteiger partial charge is 0.309 e. The van der Waals surface area contributed by atoms with Gasteiger partial charge in [-0.2, -0.15) is 0 Å². The highest BCUT2D eigenvalue weighted by atomic mass is 16.5. The third kappa shape index (κ3) is 2.70. The molecular formula is C9H14O5. The van der Waals surface area contributed by atoms with Crippen molar-refractivity contribution in [3.8, 4) is 0 Å². The van der Waals surface area contributed by atoms with Gasteiger partial charge in [0.25, 0.3) is 0 Å². The molecule has 5 heteroatoms. The molecule has 1 rings (SSSR count). The molecule has 1 aliphatic heterocycles. The summed E-state index contributed by atoms with van der Waals surface area (Å²) in [5, 5.41) is 8.86. The number of methoxy groups -OCH3 is 1. The van der Waals surface area contributed by atoms with Gasteiger partial charge in [-0.05, 0) is 12.3 Å². The van der Waals surface area contributed by atoms with Crippen LogP contribution in [0.3, 0.4) is 0 Å². The lowest BCUT2D eigenvalue weighted by Crippen LogP contribution is -2.34. The average Bonchev–Trinajstić information content (AvgIpc) is 2.18. The van der Waals surface area contributed by atoms with Gasteiger partial charge in [0.2, 0.25) is 0 Å². The van der Waals surface area contributed by atoms with Crippen LogP contribution in [0.5, 0.6) is 0 Å². The maximum Gasteiger partial charge on any atom is 0.309 e. The molecule has 1 saturated heterocycles. The zero-order valence-corrected chi connectivity index (χ0v) is 8.06. The standard InChI is InChI=1S/C9H14O5/c1-13-8(10)4-6-2-3-14-5-7(6)9(11)12/h6-7H,2-5H2,1H3,(H,11,12). The Labute approximate surface area is 82.0 Å². The van der Waals surface area contributed by atoms with Crippen molar-refractivity contribution in [2.24, 2.45) is 11.8 Å². The van der Waals surface area contributed by atoms with Crippen molar-refractivity contribution in [2.45, 2.75) is 12.8 Å². The summed E-state index contributed by atoms with van der Waals surface area (Å²) in [6.07, 6.45) is 0.767. The Morgan fingerprint density at radius 2 is 2.29 bits per heavy atom. The van der Waals surface area contributed by atoms with Gasteiger partial charge >= 0.3 is 11.9 Å². The van der Waals surface area contributed by atoms with Crippen LogP contribution in [0.1, 0.15) is 12.8 Å². The van der Waals surface area contributed by atoms with Crippen LogP contribution < -0.4 is 0 Å². The van der Waals surface area contributed by atoms with E-state index >= 15 is 0 Å². The van der Waals surface area contributed by atoms with Gasteiger partial charge < -0.3 is 14.6 Å². The van der Waals surface area contributed by atoms with Crippen molar-refractivity contribution in [2.75, 3.05) is 20.3 Å². The lowest BCUT2D eigenvalue weighted by atomic mass is 9.86. The summed E-state index contributed by atoms with van der Waals surface area (Å²) in [4.78, 5) is 21.8. The van der Waals surface area contributed by atoms with Crippen molar-refractivity contribution in [1.29, 1.82) is 0 Å². The molecule has 0 aromatic rings. The summed E-state index contributed by atoms with van der Waals surface area (Å²) in [7, 11) is 1.30. The molecule has 5 nitrogen and oxygen atoms in total. The Hall–Kier alpha value is -1.10. The van der Waals surface area contributed by atoms with E-state index < -0.39 is 11.9 Å². The van der Waals surface area contributed by atoms with Crippen LogP contribution in [0.2, 0.25) is 0 Å². The van der Waals surface area contributed by atoms with Gasteiger partial charge in [0.05, 0.1) is 19.6 Å². The van der Waals surface area contributed by atoms with Gasteiger partial charge in [-0.25, -0.2) is 0 Å². The Morgan fingerprint density at radius 1 is 1.57 bits per heavy atom. The predicted octanol–water partition coefficient (Wildman–Crippen LogP) is 0.287. The second-order valence-corrected chi connectivity index (χ2v) is 3.35. The van der Waals surface area contributed by atoms with Crippen LogP contribution in [0.25, 0.3) is 0 Å². The van der Waals surface area contributed by atoms with Crippen LogP contribution >= 0.6 is 0 Å². The molecule has 2 atom stereocenters. The minimum absolute atomic E-state index is 0.159. The van der Waals surface area contributed by atoms with Crippen molar-refractivity contribution < 1.29 is 24.2 Å². The molecule has 1 heterocycles. The molecule has 0 radical (unpaired) electrons. The highest BCUT2D eigenvalue weighted by Gasteiger charge is 2.33. The predicted molar refractivity (Wildman–Crippen MR) is 46.7 cm³/mol. The van der Waals surface area contributed by atoms with E-state index in [2.05, 4.69) is 4.74 Å². The topological polar surface area (TPSA) is 72.8 Å². The van der Waals surface area contributed by atoms with Gasteiger partial charge in [0.15, 0.2) is 0 Å². The summed E-state index contributed by atoms with van der Waals surface area (Å²) in [5.41, 5.74) is 0. The Bertz CT molecular complexity index is 225. The highest BCUT2D eigenvalue weighted by Crippen LogP contribution is 2.25. The van der Waals surface area contributed by atoms with Crippen LogP contribution in [0.4, 0.5) is 0 Å². The monoisotopic (exact) mass is 202 g/mol. The van der Waals surface area contributed by atoms with E-state index in [0.29, 0.717) is 13.0 Å². The van der Waals surface area contributed by atoms with Crippen molar-refractivity contribution in [3.63, 3.8) is 0 Å². The van der Waals surface area contributed by atoms with E-state index in [1.807, 2.05) is 0 Å². The fourth-order valence-corrected chi connectivity index (χ4v) is 1.60. The van der Waals surface area contributed by atoms with Gasteiger partial charge in [0, 0.05) is 13.0 Å². The molecule has 0 aromatic carbocycles. The van der Waals surface area contributed by atoms with E-state index in [-0.39, 0.29) is 24.9 Å². The molecule has 0 aliphatic carbocycles. The largest absolute Gasteiger partial charge is 0.481 e. The first kappa shape index (κ1) is 11.0. The molecule has 0 aromatic heterocycles. The molecule has 2 unspecified atom stereocenters. The van der Waals surface area contributed by atoms with E-state index in [0.717, 1.165) is 0 Å². The summed E-state index contributed by atoms with van der Waals surface area (Å²) in [6.45, 7) is 0.711. The quantitative estimate of drug-likeness (QED) is 0.666. The summed E-state index contributed by atoms with van der Waals surface area (Å²) >= 11 is 0. The third-order valence-electron chi connectivity index (χ3n) is 2.47. The molecule has 0 amide bonds. The molecule has 80 valence electrons. The van der Waals surface area contributed by atoms with Crippen molar-refractivity contribution >= 4 is 11.9 Å². The molecular weight excluding hydrogens is 188 g/mol. The van der Waals surface area contributed by atoms with Crippen LogP contribution in [-0.4, -0.2) is 37.4 Å². The first-order valence-corrected chi connectivity index (χ1v) is 4.52. The van der Waals surface area contributed by atoms with Gasteiger partial charge in [-0.3, -0.25) is 9.59 Å². The zero-order chi connectivity index (χ0) is 10.6. The highest BCUT2D eigenvalue weighted by molar-refractivity contribution is 5.74. The first-order chi connectivity index (χ1) is 6.65. The lowest BCUT2D eigenvalue weighted by Gasteiger charge is -2.27. The number of hydrogen-bond acceptors (Lipinski definition) is 4. The van der Waals surface area contributed by atoms with Gasteiger partial charge in [-0.15, -0.1) is 0 Å². The summed E-state index contributed by atoms with van der Waals surface area (Å²) in [5.74, 6) is -2.00. The Morgan fingerprint density at radius 3 is 2.86 bits per heavy atom. The second-order valence-electron chi connectivity index (χ2n) is 3.35. The molecule has 0 saturated carbocycles. The van der Waals surface area contributed by atoms with Crippen molar-refractivity contribution in [1.82, 2.24) is 0 Å². The summed E-state index contributed by atoms with van der Waals surface area (Å²) < 4.78 is 9.56. The normalized spacial score (nSPS) is 26.9. The molecule has 1 fully saturated rings. The zero-order valence-electron chi connectivity index (χ0n) is 8.06. The van der Waals surface area contributed by atoms with Gasteiger partial charge in [-0.1, -0.05) is 0 Å². The number of carboxylic acids is 1. The molecule has 1 N–H and O–H groups in total. The minimum Gasteiger partial charge on any atom is -0.481 e. The lowest BCUT2D eigenvalue weighted by molar-refractivity contribution is -0.152. The Balaban J connectivity index is 2.54. The van der Waals surface area contributed by atoms with Crippen LogP contribution in [-0.2, 0) is 19.1 Å². The number of aliphatic carboxylic acids is 1. The van der Waals surface area contributed by atoms with E-state index in [9.17, 15) is 9.59 Å². The third-order valence-corrected chi connectivity index (χ3v) is 2.47. The number of carbonyl (C=O) groups is 2. The van der Waals surface area contributed by atoms with E-state index in [1.54, 1.807) is 0 Å². The number of carboxylic acid groups (broad SMARTS) is 1. The van der Waals surface area contributed by atoms with E-state index in [4.69, 9.17) is 9.84 Å². The first-order valence-electron chi connectivity index (χ1n) is 4.52. The van der Waals surface area contributed by atoms with Crippen LogP contribution in [0, 0.1) is 11.8 Å². The average molecular weight is 202 g/mol. The molecule has 0 spiro atoms. The van der Waals surface area contributed by atoms with Gasteiger partial charge in [0.1, 0.15) is 0 Å². The van der Waals surface area contributed by atoms with Crippen LogP contribution in [0.15, 0.2) is 0 Å². The number of ether oxygens (including phenoxy) is 2.